The number of amides is 3. The van der Waals surface area contributed by atoms with Crippen LogP contribution in [0, 0.1) is 0 Å². The molecule has 0 aliphatic carbocycles. The summed E-state index contributed by atoms with van der Waals surface area (Å²) >= 11 is 1.57. The summed E-state index contributed by atoms with van der Waals surface area (Å²) in [6, 6.07) is 10.7. The number of thiophene rings is 1. The quantitative estimate of drug-likeness (QED) is 0.829. The van der Waals surface area contributed by atoms with Gasteiger partial charge in [-0.15, -0.1) is 11.3 Å². The highest BCUT2D eigenvalue weighted by Gasteiger charge is 2.21. The van der Waals surface area contributed by atoms with E-state index < -0.39 is 0 Å². The molecule has 0 bridgehead atoms. The average Bonchev–Trinajstić information content (AvgIpc) is 3.29. The standard InChI is InChI=1S/C18H19N3O3S/c22-16(19-11-15-3-2-10-25-15)12-20-18(24)13-5-7-14(8-6-13)21-9-1-4-17(21)23/h2-3,5-8,10H,1,4,9,11-12H2,(H,19,22)(H,20,24). The lowest BCUT2D eigenvalue weighted by Gasteiger charge is -2.15. The summed E-state index contributed by atoms with van der Waals surface area (Å²) in [5.41, 5.74) is 1.26. The van der Waals surface area contributed by atoms with Crippen LogP contribution < -0.4 is 15.5 Å². The molecule has 0 unspecified atom stereocenters. The second-order valence-corrected chi connectivity index (χ2v) is 6.77. The van der Waals surface area contributed by atoms with Gasteiger partial charge in [-0.25, -0.2) is 0 Å². The Morgan fingerprint density at radius 2 is 1.92 bits per heavy atom. The molecule has 1 aliphatic heterocycles. The van der Waals surface area contributed by atoms with E-state index in [1.165, 1.54) is 0 Å². The third kappa shape index (κ3) is 4.45. The molecule has 7 heteroatoms. The first kappa shape index (κ1) is 17.2. The Morgan fingerprint density at radius 1 is 1.12 bits per heavy atom. The van der Waals surface area contributed by atoms with Gasteiger partial charge in [-0.2, -0.15) is 0 Å². The zero-order valence-electron chi connectivity index (χ0n) is 13.7. The summed E-state index contributed by atoms with van der Waals surface area (Å²) < 4.78 is 0. The lowest BCUT2D eigenvalue weighted by Crippen LogP contribution is -2.36. The number of hydrogen-bond donors (Lipinski definition) is 2. The highest BCUT2D eigenvalue weighted by atomic mass is 32.1. The molecule has 1 aliphatic rings. The van der Waals surface area contributed by atoms with Crippen LogP contribution in [-0.2, 0) is 16.1 Å². The molecule has 2 N–H and O–H groups in total. The van der Waals surface area contributed by atoms with Crippen LogP contribution in [0.15, 0.2) is 41.8 Å². The van der Waals surface area contributed by atoms with E-state index in [1.807, 2.05) is 17.5 Å². The summed E-state index contributed by atoms with van der Waals surface area (Å²) in [5, 5.41) is 7.30. The first-order valence-corrected chi connectivity index (χ1v) is 8.99. The molecule has 130 valence electrons. The smallest absolute Gasteiger partial charge is 0.251 e. The maximum Gasteiger partial charge on any atom is 0.251 e. The van der Waals surface area contributed by atoms with Crippen molar-refractivity contribution in [3.05, 3.63) is 52.2 Å². The topological polar surface area (TPSA) is 78.5 Å². The van der Waals surface area contributed by atoms with Crippen LogP contribution in [0.1, 0.15) is 28.1 Å². The van der Waals surface area contributed by atoms with E-state index in [4.69, 9.17) is 0 Å². The van der Waals surface area contributed by atoms with Gasteiger partial charge in [0, 0.05) is 29.1 Å². The summed E-state index contributed by atoms with van der Waals surface area (Å²) in [6.07, 6.45) is 1.43. The van der Waals surface area contributed by atoms with Crippen molar-refractivity contribution >= 4 is 34.7 Å². The van der Waals surface area contributed by atoms with Crippen molar-refractivity contribution in [2.45, 2.75) is 19.4 Å². The Balaban J connectivity index is 1.47. The predicted molar refractivity (Wildman–Crippen MR) is 96.5 cm³/mol. The molecule has 0 radical (unpaired) electrons. The van der Waals surface area contributed by atoms with Crippen molar-refractivity contribution in [1.82, 2.24) is 10.6 Å². The number of benzene rings is 1. The molecule has 1 aromatic carbocycles. The molecule has 1 aromatic heterocycles. The van der Waals surface area contributed by atoms with Gasteiger partial charge in [-0.05, 0) is 42.1 Å². The monoisotopic (exact) mass is 357 g/mol. The van der Waals surface area contributed by atoms with Gasteiger partial charge in [-0.3, -0.25) is 14.4 Å². The van der Waals surface area contributed by atoms with Crippen molar-refractivity contribution < 1.29 is 14.4 Å². The lowest BCUT2D eigenvalue weighted by molar-refractivity contribution is -0.120. The normalized spacial score (nSPS) is 13.8. The predicted octanol–water partition coefficient (Wildman–Crippen LogP) is 1.92. The zero-order valence-corrected chi connectivity index (χ0v) is 14.5. The van der Waals surface area contributed by atoms with Crippen LogP contribution in [0.2, 0.25) is 0 Å². The van der Waals surface area contributed by atoms with Crippen LogP contribution in [0.3, 0.4) is 0 Å². The Kier molecular flexibility index (Phi) is 5.45. The molecule has 2 aromatic rings. The summed E-state index contributed by atoms with van der Waals surface area (Å²) in [7, 11) is 0. The van der Waals surface area contributed by atoms with Crippen molar-refractivity contribution in [3.63, 3.8) is 0 Å². The largest absolute Gasteiger partial charge is 0.350 e. The second-order valence-electron chi connectivity index (χ2n) is 5.73. The van der Waals surface area contributed by atoms with Gasteiger partial charge < -0.3 is 15.5 Å². The summed E-state index contributed by atoms with van der Waals surface area (Å²) in [4.78, 5) is 38.4. The van der Waals surface area contributed by atoms with Crippen molar-refractivity contribution in [3.8, 4) is 0 Å². The number of carbonyl (C=O) groups is 3. The van der Waals surface area contributed by atoms with Crippen LogP contribution >= 0.6 is 11.3 Å². The Bertz CT molecular complexity index is 756. The lowest BCUT2D eigenvalue weighted by atomic mass is 10.2. The molecule has 3 amide bonds. The van der Waals surface area contributed by atoms with Crippen LogP contribution in [0.4, 0.5) is 5.69 Å². The molecule has 0 spiro atoms. The zero-order chi connectivity index (χ0) is 17.6. The van der Waals surface area contributed by atoms with E-state index in [-0.39, 0.29) is 24.3 Å². The Labute approximate surface area is 149 Å². The van der Waals surface area contributed by atoms with Crippen LogP contribution in [-0.4, -0.2) is 30.8 Å². The molecule has 3 rings (SSSR count). The average molecular weight is 357 g/mol. The maximum atomic E-state index is 12.1. The molecule has 25 heavy (non-hydrogen) atoms. The van der Waals surface area contributed by atoms with E-state index in [9.17, 15) is 14.4 Å². The van der Waals surface area contributed by atoms with Gasteiger partial charge >= 0.3 is 0 Å². The molecular weight excluding hydrogens is 338 g/mol. The summed E-state index contributed by atoms with van der Waals surface area (Å²) in [6.45, 7) is 1.11. The van der Waals surface area contributed by atoms with E-state index in [1.54, 1.807) is 40.5 Å². The third-order valence-electron chi connectivity index (χ3n) is 3.96. The van der Waals surface area contributed by atoms with Gasteiger partial charge in [0.1, 0.15) is 0 Å². The van der Waals surface area contributed by atoms with E-state index in [2.05, 4.69) is 10.6 Å². The van der Waals surface area contributed by atoms with Gasteiger partial charge in [-0.1, -0.05) is 6.07 Å². The highest BCUT2D eigenvalue weighted by molar-refractivity contribution is 7.09. The van der Waals surface area contributed by atoms with Gasteiger partial charge in [0.05, 0.1) is 13.1 Å². The van der Waals surface area contributed by atoms with Gasteiger partial charge in [0.2, 0.25) is 11.8 Å². The van der Waals surface area contributed by atoms with Crippen molar-refractivity contribution in [2.75, 3.05) is 18.0 Å². The first-order chi connectivity index (χ1) is 12.1. The molecular formula is C18H19N3O3S. The fourth-order valence-corrected chi connectivity index (χ4v) is 3.28. The van der Waals surface area contributed by atoms with Gasteiger partial charge in [0.15, 0.2) is 0 Å². The minimum atomic E-state index is -0.314. The second kappa shape index (κ2) is 7.94. The van der Waals surface area contributed by atoms with E-state index in [0.29, 0.717) is 18.5 Å². The minimum Gasteiger partial charge on any atom is -0.350 e. The SMILES string of the molecule is O=C(CNC(=O)c1ccc(N2CCCC2=O)cc1)NCc1cccs1. The third-order valence-corrected chi connectivity index (χ3v) is 4.84. The van der Waals surface area contributed by atoms with Crippen molar-refractivity contribution in [2.24, 2.45) is 0 Å². The number of hydrogen-bond acceptors (Lipinski definition) is 4. The van der Waals surface area contributed by atoms with Crippen molar-refractivity contribution in [1.29, 1.82) is 0 Å². The summed E-state index contributed by atoms with van der Waals surface area (Å²) in [5.74, 6) is -0.439. The molecule has 6 nitrogen and oxygen atoms in total. The Hall–Kier alpha value is -2.67. The number of nitrogens with zero attached hydrogens (tertiary/aromatic N) is 1. The Morgan fingerprint density at radius 3 is 2.56 bits per heavy atom. The number of carbonyl (C=O) groups excluding carboxylic acids is 3. The minimum absolute atomic E-state index is 0.0728. The van der Waals surface area contributed by atoms with E-state index >= 15 is 0 Å². The van der Waals surface area contributed by atoms with Crippen LogP contribution in [0.5, 0.6) is 0 Å². The molecule has 1 fully saturated rings. The van der Waals surface area contributed by atoms with Gasteiger partial charge in [0.25, 0.3) is 5.91 Å². The highest BCUT2D eigenvalue weighted by Crippen LogP contribution is 2.21. The van der Waals surface area contributed by atoms with Crippen LogP contribution in [0.25, 0.3) is 0 Å². The molecule has 2 heterocycles. The fourth-order valence-electron chi connectivity index (χ4n) is 2.64. The maximum absolute atomic E-state index is 12.1. The number of anilines is 1. The number of rotatable bonds is 6. The van der Waals surface area contributed by atoms with E-state index in [0.717, 1.165) is 23.5 Å². The molecule has 0 atom stereocenters. The molecule has 0 saturated carbocycles. The first-order valence-electron chi connectivity index (χ1n) is 8.11. The fraction of sp³-hybridized carbons (Fsp3) is 0.278. The molecule has 1 saturated heterocycles. The number of nitrogens with one attached hydrogen (secondary N) is 2.